The maximum Gasteiger partial charge on any atom is 2.00 e. The first-order chi connectivity index (χ1) is 11.8. The largest absolute Gasteiger partial charge is 2.00 e. The summed E-state index contributed by atoms with van der Waals surface area (Å²) in [6.07, 6.45) is -13.5. The van der Waals surface area contributed by atoms with Gasteiger partial charge in [-0.05, 0) is 0 Å². The van der Waals surface area contributed by atoms with Crippen molar-refractivity contribution < 1.29 is 65.8 Å². The van der Waals surface area contributed by atoms with Crippen molar-refractivity contribution in [1.29, 1.82) is 0 Å². The quantitative estimate of drug-likeness (QED) is 0.179. The van der Waals surface area contributed by atoms with E-state index < -0.39 is 79.7 Å². The van der Waals surface area contributed by atoms with Crippen LogP contribution >= 0.6 is 0 Å². The number of hydrogen-bond acceptors (Lipinski definition) is 13. The number of carboxylic acids is 2. The number of carbonyl (C=O) groups is 2. The van der Waals surface area contributed by atoms with Crippen molar-refractivity contribution in [3.8, 4) is 0 Å². The number of rotatable bonds is 6. The van der Waals surface area contributed by atoms with Crippen molar-refractivity contribution >= 4 is 49.7 Å². The van der Waals surface area contributed by atoms with E-state index in [1.54, 1.807) is 0 Å². The summed E-state index contributed by atoms with van der Waals surface area (Å²) in [6, 6.07) is 0. The molecule has 154 valence electrons. The minimum absolute atomic E-state index is 0. The molecule has 9 N–H and O–H groups in total. The zero-order chi connectivity index (χ0) is 20.8. The fourth-order valence-corrected chi connectivity index (χ4v) is 2.10. The van der Waals surface area contributed by atoms with E-state index in [2.05, 4.69) is 0 Å². The minimum Gasteiger partial charge on any atom is -0.547 e. The topological polar surface area (TPSA) is 262 Å². The summed E-state index contributed by atoms with van der Waals surface area (Å²) in [4.78, 5) is 20.4. The Hall–Kier alpha value is -0.160. The summed E-state index contributed by atoms with van der Waals surface area (Å²) in [6.45, 7) is -0.863. The van der Waals surface area contributed by atoms with Crippen molar-refractivity contribution in [1.82, 2.24) is 0 Å². The molecule has 0 aromatic rings. The molecule has 0 unspecified atom stereocenters. The van der Waals surface area contributed by atoms with Gasteiger partial charge in [0.25, 0.3) is 0 Å². The smallest absolute Gasteiger partial charge is 0.547 e. The maximum atomic E-state index is 10.4. The van der Waals surface area contributed by atoms with Crippen molar-refractivity contribution in [2.45, 2.75) is 61.2 Å². The Morgan fingerprint density at radius 1 is 0.963 bits per heavy atom. The van der Waals surface area contributed by atoms with Gasteiger partial charge in [-0.15, -0.1) is 0 Å². The first-order valence-electron chi connectivity index (χ1n) is 7.30. The zero-order valence-electron chi connectivity index (χ0n) is 14.0. The number of carboxylic acid groups (broad SMARTS) is 2. The Labute approximate surface area is 182 Å². The predicted molar refractivity (Wildman–Crippen MR) is 79.1 cm³/mol. The molecule has 6 atom stereocenters. The molecule has 1 aliphatic carbocycles. The summed E-state index contributed by atoms with van der Waals surface area (Å²) >= 11 is 0. The van der Waals surface area contributed by atoms with E-state index in [1.807, 2.05) is 0 Å². The number of aliphatic hydroxyl groups is 9. The Morgan fingerprint density at radius 2 is 1.37 bits per heavy atom. The molecular formula is C13H22CaO13. The van der Waals surface area contributed by atoms with Gasteiger partial charge in [0, 0.05) is 12.8 Å². The van der Waals surface area contributed by atoms with Gasteiger partial charge >= 0.3 is 37.7 Å². The predicted octanol–water partition coefficient (Wildman–Crippen LogP) is -8.86. The van der Waals surface area contributed by atoms with Gasteiger partial charge in [-0.25, -0.2) is 0 Å². The van der Waals surface area contributed by atoms with Crippen molar-refractivity contribution in [3.05, 3.63) is 0 Å². The molecule has 0 aromatic carbocycles. The molecule has 0 heterocycles. The van der Waals surface area contributed by atoms with Gasteiger partial charge in [0.05, 0.1) is 30.8 Å². The standard InChI is InChI=1S/C7H12O6.C6H12O7.Ca/c8-3-1-7(13,6(11)12)2-4(9)5(3)10;7-1-2(8)3(9)4(10)5(11)6(12)13;/h3-5,8-10,13H,1-2H2,(H,11,12);2-5,7-11H,1H2,(H,12,13);/q;;+2/p-2/t3-,4-,5?,7?;2-,3-,4+,5-;/m11./s1. The molecule has 0 bridgehead atoms. The van der Waals surface area contributed by atoms with Crippen LogP contribution in [0.25, 0.3) is 0 Å². The van der Waals surface area contributed by atoms with Crippen LogP contribution < -0.4 is 10.2 Å². The van der Waals surface area contributed by atoms with E-state index in [0.717, 1.165) is 0 Å². The molecule has 0 amide bonds. The molecule has 0 radical (unpaired) electrons. The second-order valence-electron chi connectivity index (χ2n) is 5.85. The monoisotopic (exact) mass is 426 g/mol. The molecule has 0 aromatic heterocycles. The Bertz CT molecular complexity index is 463. The Balaban J connectivity index is 0. The molecule has 14 heteroatoms. The van der Waals surface area contributed by atoms with Crippen LogP contribution in [0.15, 0.2) is 0 Å². The number of aliphatic hydroxyl groups excluding tert-OH is 8. The fourth-order valence-electron chi connectivity index (χ4n) is 2.10. The molecule has 1 rings (SSSR count). The van der Waals surface area contributed by atoms with Crippen LogP contribution in [0.5, 0.6) is 0 Å². The summed E-state index contributed by atoms with van der Waals surface area (Å²) < 4.78 is 0. The molecule has 1 fully saturated rings. The number of carbonyl (C=O) groups excluding carboxylic acids is 2. The van der Waals surface area contributed by atoms with Gasteiger partial charge in [-0.3, -0.25) is 0 Å². The van der Waals surface area contributed by atoms with Gasteiger partial charge < -0.3 is 65.8 Å². The van der Waals surface area contributed by atoms with Gasteiger partial charge in [0.1, 0.15) is 36.1 Å². The van der Waals surface area contributed by atoms with E-state index >= 15 is 0 Å². The molecule has 13 nitrogen and oxygen atoms in total. The minimum atomic E-state index is -2.31. The second-order valence-corrected chi connectivity index (χ2v) is 5.85. The van der Waals surface area contributed by atoms with Crippen molar-refractivity contribution in [2.24, 2.45) is 0 Å². The van der Waals surface area contributed by atoms with Crippen molar-refractivity contribution in [3.63, 3.8) is 0 Å². The number of hydrogen-bond donors (Lipinski definition) is 9. The SMILES string of the molecule is O=C([O-])C1(O)C[C@@H](O)C(O)[C@H](O)C1.O=C([O-])[C@H](O)[C@@H](O)[C@H](O)[C@H](O)CO.[Ca+2]. The van der Waals surface area contributed by atoms with E-state index in [9.17, 15) is 24.9 Å². The normalized spacial score (nSPS) is 32.0. The molecule has 1 saturated carbocycles. The molecular weight excluding hydrogens is 404 g/mol. The zero-order valence-corrected chi connectivity index (χ0v) is 16.2. The third-order valence-corrected chi connectivity index (χ3v) is 3.76. The molecule has 1 aliphatic rings. The summed E-state index contributed by atoms with van der Waals surface area (Å²) in [5, 5.41) is 100. The van der Waals surface area contributed by atoms with Gasteiger partial charge in [0.15, 0.2) is 0 Å². The van der Waals surface area contributed by atoms with Crippen LogP contribution in [0, 0.1) is 0 Å². The van der Waals surface area contributed by atoms with E-state index in [4.69, 9.17) is 40.9 Å². The van der Waals surface area contributed by atoms with Gasteiger partial charge in [0.2, 0.25) is 0 Å². The third-order valence-electron chi connectivity index (χ3n) is 3.76. The first-order valence-corrected chi connectivity index (χ1v) is 7.30. The van der Waals surface area contributed by atoms with Crippen LogP contribution in [0.1, 0.15) is 12.8 Å². The van der Waals surface area contributed by atoms with Crippen LogP contribution in [-0.2, 0) is 9.59 Å². The molecule has 27 heavy (non-hydrogen) atoms. The Kier molecular flexibility index (Phi) is 13.4. The van der Waals surface area contributed by atoms with Crippen LogP contribution in [0.4, 0.5) is 0 Å². The third kappa shape index (κ3) is 8.39. The van der Waals surface area contributed by atoms with Crippen LogP contribution in [0.3, 0.4) is 0 Å². The van der Waals surface area contributed by atoms with Gasteiger partial charge in [-0.2, -0.15) is 0 Å². The van der Waals surface area contributed by atoms with E-state index in [-0.39, 0.29) is 37.7 Å². The maximum absolute atomic E-state index is 10.4. The fraction of sp³-hybridized carbons (Fsp3) is 0.846. The van der Waals surface area contributed by atoms with Crippen molar-refractivity contribution in [2.75, 3.05) is 6.61 Å². The molecule has 0 aliphatic heterocycles. The summed E-state index contributed by atoms with van der Waals surface area (Å²) in [5.74, 6) is -3.73. The number of aliphatic carboxylic acids is 2. The average Bonchev–Trinajstić information content (AvgIpc) is 2.57. The molecule has 0 saturated heterocycles. The van der Waals surface area contributed by atoms with Gasteiger partial charge in [-0.1, -0.05) is 0 Å². The summed E-state index contributed by atoms with van der Waals surface area (Å²) in [7, 11) is 0. The average molecular weight is 426 g/mol. The summed E-state index contributed by atoms with van der Waals surface area (Å²) in [5.41, 5.74) is -2.25. The van der Waals surface area contributed by atoms with Crippen LogP contribution in [0.2, 0.25) is 0 Å². The second kappa shape index (κ2) is 12.4. The van der Waals surface area contributed by atoms with E-state index in [1.165, 1.54) is 0 Å². The molecule has 0 spiro atoms. The van der Waals surface area contributed by atoms with E-state index in [0.29, 0.717) is 0 Å². The Morgan fingerprint density at radius 3 is 1.67 bits per heavy atom. The van der Waals surface area contributed by atoms with Crippen LogP contribution in [-0.4, -0.2) is 151 Å². The first kappa shape index (κ1) is 29.0.